The van der Waals surface area contributed by atoms with Crippen LogP contribution in [0.5, 0.6) is 23.0 Å². The lowest BCUT2D eigenvalue weighted by Gasteiger charge is -2.31. The monoisotopic (exact) mass is 559 g/mol. The summed E-state index contributed by atoms with van der Waals surface area (Å²) in [7, 11) is 1.67. The van der Waals surface area contributed by atoms with Crippen molar-refractivity contribution in [1.29, 1.82) is 0 Å². The molecule has 0 fully saturated rings. The van der Waals surface area contributed by atoms with E-state index in [0.717, 1.165) is 48.6 Å². The molecule has 164 valence electrons. The van der Waals surface area contributed by atoms with E-state index in [1.807, 2.05) is 48.5 Å². The van der Waals surface area contributed by atoms with Gasteiger partial charge in [-0.15, -0.1) is 0 Å². The van der Waals surface area contributed by atoms with E-state index in [-0.39, 0.29) is 24.8 Å². The first-order chi connectivity index (χ1) is 15.5. The molecule has 8 heteroatoms. The first kappa shape index (κ1) is 21.2. The molecule has 0 saturated carbocycles. The van der Waals surface area contributed by atoms with Gasteiger partial charge in [-0.05, 0) is 54.6 Å². The summed E-state index contributed by atoms with van der Waals surface area (Å²) in [6, 6.07) is 17.2. The molecule has 0 bridgehead atoms. The Balaban J connectivity index is 1.60. The van der Waals surface area contributed by atoms with Crippen molar-refractivity contribution < 1.29 is 24.6 Å². The van der Waals surface area contributed by atoms with Gasteiger partial charge in [-0.25, -0.2) is 0 Å². The average Bonchev–Trinajstić information content (AvgIpc) is 3.28. The summed E-state index contributed by atoms with van der Waals surface area (Å²) in [6.45, 7) is 0.228. The van der Waals surface area contributed by atoms with E-state index in [9.17, 15) is 5.11 Å². The van der Waals surface area contributed by atoms with E-state index in [2.05, 4.69) is 48.6 Å². The molecule has 3 aromatic rings. The fourth-order valence-corrected chi connectivity index (χ4v) is 4.82. The predicted octanol–water partition coefficient (Wildman–Crippen LogP) is 4.60. The number of ether oxygens (including phenoxy) is 3. The fourth-order valence-electron chi connectivity index (χ4n) is 4.07. The number of nitrogens with two attached hydrogens (primary N) is 1. The molecule has 5 rings (SSSR count). The Morgan fingerprint density at radius 2 is 1.72 bits per heavy atom. The molecule has 0 spiro atoms. The number of halogens is 2. The lowest BCUT2D eigenvalue weighted by atomic mass is 9.97. The maximum atomic E-state index is 10.6. The smallest absolute Gasteiger partial charge is 0.231 e. The Hall–Kier alpha value is -2.68. The van der Waals surface area contributed by atoms with Gasteiger partial charge in [-0.3, -0.25) is 0 Å². The zero-order valence-electron chi connectivity index (χ0n) is 17.1. The molecule has 3 aromatic carbocycles. The van der Waals surface area contributed by atoms with Gasteiger partial charge >= 0.3 is 0 Å². The first-order valence-electron chi connectivity index (χ1n) is 10.1. The standard InChI is InChI=1S/C24H20Br2N2O4/c1-30-21-7-4-15(26)10-17(21)24-27-18(13-2-6-22-23(8-13)32-12-31-22)11-19(28-24)16-9-14(25)3-5-20(16)29/h2-11,19,24,27-29H,12H2,1H3/p+1. The molecule has 0 saturated heterocycles. The van der Waals surface area contributed by atoms with Gasteiger partial charge in [-0.2, -0.15) is 0 Å². The average molecular weight is 561 g/mol. The summed E-state index contributed by atoms with van der Waals surface area (Å²) in [5.41, 5.74) is 3.72. The number of fused-ring (bicyclic) bond motifs is 1. The van der Waals surface area contributed by atoms with Gasteiger partial charge in [0.15, 0.2) is 17.7 Å². The van der Waals surface area contributed by atoms with Crippen LogP contribution in [-0.4, -0.2) is 19.0 Å². The highest BCUT2D eigenvalue weighted by Crippen LogP contribution is 2.37. The van der Waals surface area contributed by atoms with Gasteiger partial charge in [0.1, 0.15) is 17.5 Å². The molecule has 2 aliphatic heterocycles. The molecule has 2 heterocycles. The van der Waals surface area contributed by atoms with Gasteiger partial charge in [0.2, 0.25) is 6.79 Å². The lowest BCUT2D eigenvalue weighted by Crippen LogP contribution is -2.89. The van der Waals surface area contributed by atoms with Crippen LogP contribution in [0.25, 0.3) is 5.70 Å². The van der Waals surface area contributed by atoms with Crippen molar-refractivity contribution in [3.05, 3.63) is 86.3 Å². The largest absolute Gasteiger partial charge is 0.507 e. The van der Waals surface area contributed by atoms with Crippen LogP contribution in [0.4, 0.5) is 0 Å². The minimum absolute atomic E-state index is 0.136. The molecule has 6 nitrogen and oxygen atoms in total. The minimum Gasteiger partial charge on any atom is -0.507 e. The third-order valence-electron chi connectivity index (χ3n) is 5.62. The van der Waals surface area contributed by atoms with Gasteiger partial charge in [0.25, 0.3) is 0 Å². The molecule has 2 aliphatic rings. The SMILES string of the molecule is COc1ccc(Br)cc1C1NC(c2ccc3c(c2)OCO3)=CC(c2cc(Br)ccc2O)[NH2+]1. The number of aromatic hydroxyl groups is 1. The van der Waals surface area contributed by atoms with Gasteiger partial charge in [0, 0.05) is 26.3 Å². The Morgan fingerprint density at radius 1 is 0.969 bits per heavy atom. The third kappa shape index (κ3) is 4.05. The quantitative estimate of drug-likeness (QED) is 0.435. The molecule has 4 N–H and O–H groups in total. The molecular formula is C24H21Br2N2O4+. The molecular weight excluding hydrogens is 540 g/mol. The number of hydrogen-bond donors (Lipinski definition) is 3. The van der Waals surface area contributed by atoms with E-state index in [1.54, 1.807) is 13.2 Å². The minimum atomic E-state index is -0.156. The van der Waals surface area contributed by atoms with Crippen molar-refractivity contribution in [2.24, 2.45) is 0 Å². The summed E-state index contributed by atoms with van der Waals surface area (Å²) in [5, 5.41) is 16.4. The van der Waals surface area contributed by atoms with Crippen molar-refractivity contribution in [2.45, 2.75) is 12.2 Å². The Labute approximate surface area is 202 Å². The fraction of sp³-hybridized carbons (Fsp3) is 0.167. The van der Waals surface area contributed by atoms with Crippen LogP contribution >= 0.6 is 31.9 Å². The second kappa shape index (κ2) is 8.69. The summed E-state index contributed by atoms with van der Waals surface area (Å²) < 4.78 is 18.6. The van der Waals surface area contributed by atoms with Crippen molar-refractivity contribution in [1.82, 2.24) is 5.32 Å². The molecule has 0 radical (unpaired) electrons. The van der Waals surface area contributed by atoms with Crippen LogP contribution in [0, 0.1) is 0 Å². The van der Waals surface area contributed by atoms with Crippen molar-refractivity contribution >= 4 is 37.6 Å². The number of hydrogen-bond acceptors (Lipinski definition) is 5. The Kier molecular flexibility index (Phi) is 5.75. The summed E-state index contributed by atoms with van der Waals surface area (Å²) in [4.78, 5) is 0. The van der Waals surface area contributed by atoms with Gasteiger partial charge in [-0.1, -0.05) is 31.9 Å². The Morgan fingerprint density at radius 3 is 2.53 bits per heavy atom. The maximum Gasteiger partial charge on any atom is 0.231 e. The van der Waals surface area contributed by atoms with E-state index >= 15 is 0 Å². The first-order valence-corrected chi connectivity index (χ1v) is 11.7. The Bertz CT molecular complexity index is 1210. The topological polar surface area (TPSA) is 76.6 Å². The number of quaternary nitrogens is 1. The summed E-state index contributed by atoms with van der Waals surface area (Å²) >= 11 is 7.11. The van der Waals surface area contributed by atoms with E-state index in [0.29, 0.717) is 0 Å². The highest BCUT2D eigenvalue weighted by Gasteiger charge is 2.32. The zero-order chi connectivity index (χ0) is 22.2. The number of methoxy groups -OCH3 is 1. The second-order valence-corrected chi connectivity index (χ2v) is 9.41. The van der Waals surface area contributed by atoms with Crippen LogP contribution in [-0.2, 0) is 0 Å². The maximum absolute atomic E-state index is 10.6. The number of rotatable bonds is 4. The normalized spacial score (nSPS) is 19.3. The molecule has 2 unspecified atom stereocenters. The number of phenolic OH excluding ortho intramolecular Hbond substituents is 1. The van der Waals surface area contributed by atoms with Crippen LogP contribution in [0.1, 0.15) is 28.9 Å². The van der Waals surface area contributed by atoms with E-state index in [4.69, 9.17) is 14.2 Å². The molecule has 0 aliphatic carbocycles. The van der Waals surface area contributed by atoms with Crippen LogP contribution in [0.3, 0.4) is 0 Å². The zero-order valence-corrected chi connectivity index (χ0v) is 20.3. The number of phenols is 1. The van der Waals surface area contributed by atoms with Crippen molar-refractivity contribution in [2.75, 3.05) is 13.9 Å². The number of nitrogens with one attached hydrogen (secondary N) is 1. The molecule has 2 atom stereocenters. The van der Waals surface area contributed by atoms with Crippen LogP contribution in [0.15, 0.2) is 69.6 Å². The van der Waals surface area contributed by atoms with Crippen LogP contribution in [0.2, 0.25) is 0 Å². The summed E-state index contributed by atoms with van der Waals surface area (Å²) in [5.74, 6) is 2.49. The lowest BCUT2D eigenvalue weighted by molar-refractivity contribution is -0.731. The van der Waals surface area contributed by atoms with E-state index < -0.39 is 0 Å². The van der Waals surface area contributed by atoms with Gasteiger partial charge in [0.05, 0.1) is 18.2 Å². The van der Waals surface area contributed by atoms with Crippen molar-refractivity contribution in [3.8, 4) is 23.0 Å². The molecule has 0 amide bonds. The third-order valence-corrected chi connectivity index (χ3v) is 6.60. The van der Waals surface area contributed by atoms with Gasteiger partial charge < -0.3 is 30.0 Å². The summed E-state index contributed by atoms with van der Waals surface area (Å²) in [6.07, 6.45) is 1.95. The number of benzene rings is 3. The van der Waals surface area contributed by atoms with Crippen molar-refractivity contribution in [3.63, 3.8) is 0 Å². The second-order valence-electron chi connectivity index (χ2n) is 7.58. The molecule has 0 aromatic heterocycles. The van der Waals surface area contributed by atoms with E-state index in [1.165, 1.54) is 0 Å². The van der Waals surface area contributed by atoms with Crippen LogP contribution < -0.4 is 24.8 Å². The molecule has 32 heavy (non-hydrogen) atoms. The highest BCUT2D eigenvalue weighted by atomic mass is 79.9. The predicted molar refractivity (Wildman–Crippen MR) is 128 cm³/mol. The highest BCUT2D eigenvalue weighted by molar-refractivity contribution is 9.10.